The summed E-state index contributed by atoms with van der Waals surface area (Å²) >= 11 is 0. The molecule has 4 atom stereocenters. The molecule has 66 valence electrons. The van der Waals surface area contributed by atoms with Crippen molar-refractivity contribution in [3.8, 4) is 0 Å². The number of hydrogen-bond donors (Lipinski definition) is 5. The molecule has 0 unspecified atom stereocenters. The summed E-state index contributed by atoms with van der Waals surface area (Å²) in [7, 11) is 0. The fourth-order valence-electron chi connectivity index (χ4n) is 1.21. The van der Waals surface area contributed by atoms with Crippen molar-refractivity contribution in [2.24, 2.45) is 0 Å². The van der Waals surface area contributed by atoms with E-state index in [9.17, 15) is 5.11 Å². The van der Waals surface area contributed by atoms with E-state index in [4.69, 9.17) is 15.3 Å². The Hall–Kier alpha value is -0.200. The molecule has 1 heterocycles. The molecule has 5 nitrogen and oxygen atoms in total. The van der Waals surface area contributed by atoms with Crippen LogP contribution in [0.15, 0.2) is 0 Å². The Labute approximate surface area is 64.3 Å². The molecule has 0 aromatic heterocycles. The second kappa shape index (κ2) is 3.46. The van der Waals surface area contributed by atoms with Gasteiger partial charge in [-0.2, -0.15) is 0 Å². The van der Waals surface area contributed by atoms with Gasteiger partial charge in [-0.3, -0.25) is 0 Å². The highest BCUT2D eigenvalue weighted by Gasteiger charge is 2.36. The van der Waals surface area contributed by atoms with Gasteiger partial charge < -0.3 is 25.7 Å². The predicted octanol–water partition coefficient (Wildman–Crippen LogP) is -2.97. The zero-order valence-corrected chi connectivity index (χ0v) is 6.01. The summed E-state index contributed by atoms with van der Waals surface area (Å²) in [5.41, 5.74) is 0. The Kier molecular flexibility index (Phi) is 2.80. The van der Waals surface area contributed by atoms with E-state index in [-0.39, 0.29) is 6.54 Å². The van der Waals surface area contributed by atoms with Gasteiger partial charge >= 0.3 is 0 Å². The molecule has 0 bridgehead atoms. The van der Waals surface area contributed by atoms with Crippen molar-refractivity contribution in [1.82, 2.24) is 5.32 Å². The SMILES string of the molecule is OC[C@H](O)[C@H]1NC[C@@H](O)[C@@H]1O. The van der Waals surface area contributed by atoms with Crippen molar-refractivity contribution in [2.75, 3.05) is 13.2 Å². The average Bonchev–Trinajstić information content (AvgIpc) is 2.32. The van der Waals surface area contributed by atoms with Crippen molar-refractivity contribution >= 4 is 0 Å². The third-order valence-corrected chi connectivity index (χ3v) is 1.93. The zero-order valence-electron chi connectivity index (χ0n) is 6.01. The van der Waals surface area contributed by atoms with E-state index >= 15 is 0 Å². The largest absolute Gasteiger partial charge is 0.394 e. The van der Waals surface area contributed by atoms with E-state index in [2.05, 4.69) is 5.32 Å². The summed E-state index contributed by atoms with van der Waals surface area (Å²) in [6.07, 6.45) is -2.85. The number of nitrogens with one attached hydrogen (secondary N) is 1. The van der Waals surface area contributed by atoms with Crippen LogP contribution < -0.4 is 5.32 Å². The molecule has 1 aliphatic rings. The molecule has 11 heavy (non-hydrogen) atoms. The minimum atomic E-state index is -1.01. The zero-order chi connectivity index (χ0) is 8.43. The van der Waals surface area contributed by atoms with Crippen molar-refractivity contribution in [3.63, 3.8) is 0 Å². The van der Waals surface area contributed by atoms with Crippen molar-refractivity contribution < 1.29 is 20.4 Å². The molecular formula is C6H13NO4. The van der Waals surface area contributed by atoms with Gasteiger partial charge in [-0.25, -0.2) is 0 Å². The van der Waals surface area contributed by atoms with Crippen LogP contribution in [0, 0.1) is 0 Å². The molecule has 1 saturated heterocycles. The van der Waals surface area contributed by atoms with Crippen LogP contribution in [0.25, 0.3) is 0 Å². The van der Waals surface area contributed by atoms with Crippen LogP contribution in [-0.2, 0) is 0 Å². The molecule has 5 N–H and O–H groups in total. The van der Waals surface area contributed by atoms with Gasteiger partial charge in [-0.15, -0.1) is 0 Å². The molecule has 0 saturated carbocycles. The lowest BCUT2D eigenvalue weighted by atomic mass is 10.1. The highest BCUT2D eigenvalue weighted by Crippen LogP contribution is 2.10. The minimum Gasteiger partial charge on any atom is -0.394 e. The second-order valence-corrected chi connectivity index (χ2v) is 2.74. The van der Waals surface area contributed by atoms with Crippen molar-refractivity contribution in [1.29, 1.82) is 0 Å². The summed E-state index contributed by atoms with van der Waals surface area (Å²) in [4.78, 5) is 0. The molecule has 1 fully saturated rings. The van der Waals surface area contributed by atoms with Gasteiger partial charge in [0.25, 0.3) is 0 Å². The smallest absolute Gasteiger partial charge is 0.0990 e. The number of rotatable bonds is 2. The van der Waals surface area contributed by atoms with E-state index in [1.165, 1.54) is 0 Å². The lowest BCUT2D eigenvalue weighted by Gasteiger charge is -2.19. The van der Waals surface area contributed by atoms with E-state index in [1.807, 2.05) is 0 Å². The minimum absolute atomic E-state index is 0.253. The molecule has 0 aliphatic carbocycles. The lowest BCUT2D eigenvalue weighted by molar-refractivity contribution is -0.00977. The molecule has 0 radical (unpaired) electrons. The first kappa shape index (κ1) is 8.89. The molecule has 0 aromatic carbocycles. The third-order valence-electron chi connectivity index (χ3n) is 1.93. The molecule has 1 rings (SSSR count). The Bertz CT molecular complexity index is 132. The molecule has 0 aromatic rings. The van der Waals surface area contributed by atoms with Crippen LogP contribution in [0.4, 0.5) is 0 Å². The highest BCUT2D eigenvalue weighted by molar-refractivity contribution is 4.94. The summed E-state index contributed by atoms with van der Waals surface area (Å²) < 4.78 is 0. The van der Waals surface area contributed by atoms with Gasteiger partial charge in [0.1, 0.15) is 0 Å². The summed E-state index contributed by atoms with van der Waals surface area (Å²) in [6.45, 7) is -0.162. The van der Waals surface area contributed by atoms with E-state index < -0.39 is 31.0 Å². The first-order chi connectivity index (χ1) is 5.16. The van der Waals surface area contributed by atoms with Gasteiger partial charge in [-0.05, 0) is 0 Å². The van der Waals surface area contributed by atoms with Gasteiger partial charge in [0.05, 0.1) is 31.0 Å². The fraction of sp³-hybridized carbons (Fsp3) is 1.00. The van der Waals surface area contributed by atoms with E-state index in [0.717, 1.165) is 0 Å². The standard InChI is InChI=1S/C6H13NO4/c8-2-4(10)5-6(11)3(9)1-7-5/h3-11H,1-2H2/t3-,4+,5-,6+/m1/s1. The number of aliphatic hydroxyl groups is 4. The number of β-amino-alcohol motifs (C(OH)–C–C–N with tert-alkyl or cyclic N) is 1. The first-order valence-corrected chi connectivity index (χ1v) is 3.55. The monoisotopic (exact) mass is 163 g/mol. The average molecular weight is 163 g/mol. The van der Waals surface area contributed by atoms with Crippen LogP contribution in [0.2, 0.25) is 0 Å². The molecule has 0 spiro atoms. The van der Waals surface area contributed by atoms with Gasteiger partial charge in [0.15, 0.2) is 0 Å². The number of aliphatic hydroxyl groups excluding tert-OH is 4. The quantitative estimate of drug-likeness (QED) is 0.300. The summed E-state index contributed by atoms with van der Waals surface area (Å²) in [5, 5.41) is 38.5. The predicted molar refractivity (Wildman–Crippen MR) is 36.9 cm³/mol. The summed E-state index contributed by atoms with van der Waals surface area (Å²) in [5.74, 6) is 0. The van der Waals surface area contributed by atoms with Crippen LogP contribution in [0.5, 0.6) is 0 Å². The Morgan fingerprint density at radius 1 is 1.45 bits per heavy atom. The van der Waals surface area contributed by atoms with E-state index in [0.29, 0.717) is 0 Å². The van der Waals surface area contributed by atoms with Crippen molar-refractivity contribution in [3.05, 3.63) is 0 Å². The third kappa shape index (κ3) is 1.69. The Balaban J connectivity index is 2.47. The van der Waals surface area contributed by atoms with Crippen LogP contribution in [-0.4, -0.2) is 57.9 Å². The second-order valence-electron chi connectivity index (χ2n) is 2.74. The van der Waals surface area contributed by atoms with Crippen LogP contribution >= 0.6 is 0 Å². The Morgan fingerprint density at radius 2 is 2.09 bits per heavy atom. The Morgan fingerprint density at radius 3 is 2.45 bits per heavy atom. The molecule has 1 aliphatic heterocycles. The topological polar surface area (TPSA) is 93.0 Å². The number of hydrogen-bond acceptors (Lipinski definition) is 5. The normalized spacial score (nSPS) is 40.9. The maximum atomic E-state index is 9.18. The molecule has 0 amide bonds. The van der Waals surface area contributed by atoms with Crippen molar-refractivity contribution in [2.45, 2.75) is 24.4 Å². The highest BCUT2D eigenvalue weighted by atomic mass is 16.3. The van der Waals surface area contributed by atoms with Gasteiger partial charge in [-0.1, -0.05) is 0 Å². The molecular weight excluding hydrogens is 150 g/mol. The molecule has 5 heteroatoms. The first-order valence-electron chi connectivity index (χ1n) is 3.55. The lowest BCUT2D eigenvalue weighted by Crippen LogP contribution is -2.44. The van der Waals surface area contributed by atoms with Crippen LogP contribution in [0.1, 0.15) is 0 Å². The maximum absolute atomic E-state index is 9.18. The van der Waals surface area contributed by atoms with Crippen LogP contribution in [0.3, 0.4) is 0 Å². The van der Waals surface area contributed by atoms with Gasteiger partial charge in [0.2, 0.25) is 0 Å². The maximum Gasteiger partial charge on any atom is 0.0990 e. The summed E-state index contributed by atoms with van der Waals surface area (Å²) in [6, 6.07) is -0.616. The fourth-order valence-corrected chi connectivity index (χ4v) is 1.21. The van der Waals surface area contributed by atoms with Gasteiger partial charge in [0, 0.05) is 6.54 Å². The van der Waals surface area contributed by atoms with E-state index in [1.54, 1.807) is 0 Å².